The molecule has 0 amide bonds. The van der Waals surface area contributed by atoms with E-state index in [9.17, 15) is 0 Å². The zero-order valence-corrected chi connectivity index (χ0v) is 13.6. The van der Waals surface area contributed by atoms with Crippen LogP contribution in [-0.2, 0) is 0 Å². The van der Waals surface area contributed by atoms with Crippen LogP contribution < -0.4 is 0 Å². The Morgan fingerprint density at radius 2 is 2.05 bits per heavy atom. The molecule has 108 valence electrons. The van der Waals surface area contributed by atoms with Crippen molar-refractivity contribution in [3.63, 3.8) is 0 Å². The summed E-state index contributed by atoms with van der Waals surface area (Å²) < 4.78 is 0. The molecule has 0 heteroatoms. The molecular formula is C20H28. The normalized spacial score (nSPS) is 16.7. The summed E-state index contributed by atoms with van der Waals surface area (Å²) >= 11 is 0. The molecule has 2 atom stereocenters. The zero-order chi connectivity index (χ0) is 15.1. The van der Waals surface area contributed by atoms with Gasteiger partial charge in [0.2, 0.25) is 0 Å². The van der Waals surface area contributed by atoms with Crippen LogP contribution in [0.1, 0.15) is 59.8 Å². The van der Waals surface area contributed by atoms with Crippen LogP contribution in [0.3, 0.4) is 0 Å². The molecular weight excluding hydrogens is 240 g/mol. The minimum atomic E-state index is 0.508. The van der Waals surface area contributed by atoms with E-state index in [0.29, 0.717) is 11.8 Å². The lowest BCUT2D eigenvalue weighted by Crippen LogP contribution is -2.15. The van der Waals surface area contributed by atoms with Crippen LogP contribution in [0.4, 0.5) is 0 Å². The second kappa shape index (κ2) is 7.98. The maximum absolute atomic E-state index is 4.36. The molecule has 0 aromatic rings. The molecule has 2 unspecified atom stereocenters. The summed E-state index contributed by atoms with van der Waals surface area (Å²) in [7, 11) is 0. The van der Waals surface area contributed by atoms with Gasteiger partial charge in [0.05, 0.1) is 0 Å². The summed E-state index contributed by atoms with van der Waals surface area (Å²) in [5, 5.41) is 0. The summed E-state index contributed by atoms with van der Waals surface area (Å²) in [5.74, 6) is 7.30. The monoisotopic (exact) mass is 268 g/mol. The van der Waals surface area contributed by atoms with Gasteiger partial charge in [-0.2, -0.15) is 0 Å². The van der Waals surface area contributed by atoms with Crippen LogP contribution in [-0.4, -0.2) is 0 Å². The molecule has 0 nitrogen and oxygen atoms in total. The highest BCUT2D eigenvalue weighted by molar-refractivity contribution is 5.58. The maximum atomic E-state index is 4.36. The molecule has 0 aromatic heterocycles. The minimum absolute atomic E-state index is 0.508. The van der Waals surface area contributed by atoms with Gasteiger partial charge in [0.25, 0.3) is 0 Å². The van der Waals surface area contributed by atoms with E-state index in [2.05, 4.69) is 51.5 Å². The lowest BCUT2D eigenvalue weighted by atomic mass is 9.73. The molecule has 0 aliphatic heterocycles. The average Bonchev–Trinajstić information content (AvgIpc) is 2.40. The average molecular weight is 268 g/mol. The first kappa shape index (κ1) is 16.6. The third kappa shape index (κ3) is 4.03. The first-order chi connectivity index (χ1) is 9.54. The van der Waals surface area contributed by atoms with Gasteiger partial charge >= 0.3 is 0 Å². The van der Waals surface area contributed by atoms with Crippen molar-refractivity contribution in [2.45, 2.75) is 59.8 Å². The molecule has 0 heterocycles. The Bertz CT molecular complexity index is 498. The summed E-state index contributed by atoms with van der Waals surface area (Å²) in [4.78, 5) is 0. The van der Waals surface area contributed by atoms with E-state index >= 15 is 0 Å². The molecule has 0 radical (unpaired) electrons. The molecule has 1 aliphatic rings. The van der Waals surface area contributed by atoms with E-state index in [1.165, 1.54) is 29.6 Å². The highest BCUT2D eigenvalue weighted by atomic mass is 14.3. The number of hydrogen-bond acceptors (Lipinski definition) is 0. The van der Waals surface area contributed by atoms with Gasteiger partial charge in [-0.1, -0.05) is 45.9 Å². The van der Waals surface area contributed by atoms with Crippen molar-refractivity contribution in [1.82, 2.24) is 0 Å². The third-order valence-corrected chi connectivity index (χ3v) is 4.11. The van der Waals surface area contributed by atoms with Gasteiger partial charge < -0.3 is 0 Å². The molecule has 0 fully saturated rings. The second-order valence-electron chi connectivity index (χ2n) is 5.96. The molecule has 0 bridgehead atoms. The predicted octanol–water partition coefficient (Wildman–Crippen LogP) is 5.83. The highest BCUT2D eigenvalue weighted by Gasteiger charge is 2.27. The van der Waals surface area contributed by atoms with Crippen molar-refractivity contribution < 1.29 is 0 Å². The van der Waals surface area contributed by atoms with Crippen LogP contribution >= 0.6 is 0 Å². The fraction of sp³-hybridized carbons (Fsp3) is 0.550. The Hall–Kier alpha value is -1.44. The minimum Gasteiger partial charge on any atom is -0.124 e. The van der Waals surface area contributed by atoms with Crippen LogP contribution in [0.15, 0.2) is 41.2 Å². The Morgan fingerprint density at radius 1 is 1.35 bits per heavy atom. The second-order valence-corrected chi connectivity index (χ2v) is 5.96. The van der Waals surface area contributed by atoms with Crippen molar-refractivity contribution in [3.8, 4) is 11.8 Å². The van der Waals surface area contributed by atoms with E-state index in [1.807, 2.05) is 6.92 Å². The first-order valence-corrected chi connectivity index (χ1v) is 7.75. The smallest absolute Gasteiger partial charge is 0.0114 e. The van der Waals surface area contributed by atoms with Crippen molar-refractivity contribution in [1.29, 1.82) is 0 Å². The fourth-order valence-corrected chi connectivity index (χ4v) is 2.94. The summed E-state index contributed by atoms with van der Waals surface area (Å²) in [6.45, 7) is 16.9. The molecule has 0 N–H and O–H groups in total. The molecule has 1 aliphatic carbocycles. The van der Waals surface area contributed by atoms with Crippen LogP contribution in [0.25, 0.3) is 0 Å². The summed E-state index contributed by atoms with van der Waals surface area (Å²) in [6, 6.07) is 0. The number of allylic oxidation sites excluding steroid dienone is 4. The SMILES string of the molecule is C=C=C1CC(CCC)=C1C(=C)C(C)CC(C)CC#CC. The third-order valence-electron chi connectivity index (χ3n) is 4.11. The van der Waals surface area contributed by atoms with Gasteiger partial charge in [0, 0.05) is 18.4 Å². The van der Waals surface area contributed by atoms with Crippen LogP contribution in [0, 0.1) is 23.7 Å². The Labute approximate surface area is 125 Å². The number of hydrogen-bond donors (Lipinski definition) is 0. The molecule has 0 aromatic carbocycles. The van der Waals surface area contributed by atoms with Gasteiger partial charge in [-0.05, 0) is 42.7 Å². The molecule has 20 heavy (non-hydrogen) atoms. The predicted molar refractivity (Wildman–Crippen MR) is 89.4 cm³/mol. The quantitative estimate of drug-likeness (QED) is 0.402. The standard InChI is InChI=1S/C20H28/c1-7-10-12-15(4)13-16(5)17(6)20-18(9-3)14-19(20)11-8-2/h15-16H,3,6,8,11-14H2,1-2,4-5H3. The lowest BCUT2D eigenvalue weighted by Gasteiger charge is -2.31. The van der Waals surface area contributed by atoms with Crippen LogP contribution in [0.5, 0.6) is 0 Å². The van der Waals surface area contributed by atoms with E-state index in [0.717, 1.165) is 19.3 Å². The van der Waals surface area contributed by atoms with E-state index in [1.54, 1.807) is 5.57 Å². The van der Waals surface area contributed by atoms with Gasteiger partial charge in [-0.15, -0.1) is 17.6 Å². The molecule has 1 rings (SSSR count). The Kier molecular flexibility index (Phi) is 6.63. The number of rotatable bonds is 7. The fourth-order valence-electron chi connectivity index (χ4n) is 2.94. The topological polar surface area (TPSA) is 0 Å². The molecule has 0 spiro atoms. The van der Waals surface area contributed by atoms with Crippen molar-refractivity contribution in [2.24, 2.45) is 11.8 Å². The van der Waals surface area contributed by atoms with Gasteiger partial charge in [0.15, 0.2) is 0 Å². The van der Waals surface area contributed by atoms with Gasteiger partial charge in [-0.3, -0.25) is 0 Å². The molecule has 0 saturated carbocycles. The molecule has 0 saturated heterocycles. The van der Waals surface area contributed by atoms with Crippen LogP contribution in [0.2, 0.25) is 0 Å². The van der Waals surface area contributed by atoms with Crippen molar-refractivity contribution >= 4 is 0 Å². The largest absolute Gasteiger partial charge is 0.124 e. The lowest BCUT2D eigenvalue weighted by molar-refractivity contribution is 0.463. The van der Waals surface area contributed by atoms with E-state index in [4.69, 9.17) is 0 Å². The Balaban J connectivity index is 2.74. The first-order valence-electron chi connectivity index (χ1n) is 7.75. The van der Waals surface area contributed by atoms with Gasteiger partial charge in [0.1, 0.15) is 0 Å². The summed E-state index contributed by atoms with van der Waals surface area (Å²) in [6.07, 6.45) is 5.59. The van der Waals surface area contributed by atoms with E-state index in [-0.39, 0.29) is 0 Å². The zero-order valence-electron chi connectivity index (χ0n) is 13.6. The van der Waals surface area contributed by atoms with Crippen molar-refractivity contribution in [3.05, 3.63) is 41.2 Å². The highest BCUT2D eigenvalue weighted by Crippen LogP contribution is 2.43. The van der Waals surface area contributed by atoms with Crippen molar-refractivity contribution in [2.75, 3.05) is 0 Å². The van der Waals surface area contributed by atoms with Gasteiger partial charge in [-0.25, -0.2) is 0 Å². The Morgan fingerprint density at radius 3 is 2.60 bits per heavy atom. The maximum Gasteiger partial charge on any atom is 0.0114 e. The van der Waals surface area contributed by atoms with E-state index < -0.39 is 0 Å². The summed E-state index contributed by atoms with van der Waals surface area (Å²) in [5.41, 5.74) is 8.57.